The van der Waals surface area contributed by atoms with Gasteiger partial charge in [-0.25, -0.2) is 9.69 Å². The third-order valence-electron chi connectivity index (χ3n) is 3.68. The number of amides is 4. The van der Waals surface area contributed by atoms with Gasteiger partial charge in [0.05, 0.1) is 5.69 Å². The van der Waals surface area contributed by atoms with Gasteiger partial charge in [-0.15, -0.1) is 0 Å². The zero-order chi connectivity index (χ0) is 18.1. The average Bonchev–Trinajstić information content (AvgIpc) is 2.56. The molecular weight excluding hydrogens is 344 g/mol. The van der Waals surface area contributed by atoms with Gasteiger partial charge in [0.1, 0.15) is 11.3 Å². The minimum atomic E-state index is -0.835. The second-order valence-corrected chi connectivity index (χ2v) is 5.93. The SMILES string of the molecule is Cc1ccc(N2C(=O)NC(=O)/C(=C\c3cc(Cl)ccc3O)C2=O)cc1. The van der Waals surface area contributed by atoms with Crippen LogP contribution in [0.4, 0.5) is 10.5 Å². The molecular formula is C18H13ClN2O4. The van der Waals surface area contributed by atoms with Gasteiger partial charge in [0.15, 0.2) is 0 Å². The van der Waals surface area contributed by atoms with Crippen molar-refractivity contribution in [1.29, 1.82) is 0 Å². The number of phenolic OH excluding ortho intramolecular Hbond substituents is 1. The summed E-state index contributed by atoms with van der Waals surface area (Å²) < 4.78 is 0. The molecule has 6 nitrogen and oxygen atoms in total. The van der Waals surface area contributed by atoms with Crippen molar-refractivity contribution in [3.8, 4) is 5.75 Å². The molecule has 0 aliphatic carbocycles. The summed E-state index contributed by atoms with van der Waals surface area (Å²) in [4.78, 5) is 37.7. The van der Waals surface area contributed by atoms with Crippen LogP contribution in [0.2, 0.25) is 5.02 Å². The maximum Gasteiger partial charge on any atom is 0.335 e. The first kappa shape index (κ1) is 16.7. The lowest BCUT2D eigenvalue weighted by Crippen LogP contribution is -2.54. The molecule has 1 heterocycles. The van der Waals surface area contributed by atoms with Gasteiger partial charge in [0, 0.05) is 10.6 Å². The lowest BCUT2D eigenvalue weighted by molar-refractivity contribution is -0.122. The monoisotopic (exact) mass is 356 g/mol. The fraction of sp³-hybridized carbons (Fsp3) is 0.0556. The highest BCUT2D eigenvalue weighted by Gasteiger charge is 2.36. The van der Waals surface area contributed by atoms with Crippen LogP contribution in [0.1, 0.15) is 11.1 Å². The fourth-order valence-corrected chi connectivity index (χ4v) is 2.56. The van der Waals surface area contributed by atoms with E-state index in [1.165, 1.54) is 24.3 Å². The Morgan fingerprint density at radius 2 is 1.76 bits per heavy atom. The Bertz CT molecular complexity index is 919. The lowest BCUT2D eigenvalue weighted by Gasteiger charge is -2.26. The highest BCUT2D eigenvalue weighted by Crippen LogP contribution is 2.27. The van der Waals surface area contributed by atoms with Crippen molar-refractivity contribution in [3.63, 3.8) is 0 Å². The first-order valence-electron chi connectivity index (χ1n) is 7.33. The molecule has 0 unspecified atom stereocenters. The number of rotatable bonds is 2. The molecule has 2 N–H and O–H groups in total. The highest BCUT2D eigenvalue weighted by atomic mass is 35.5. The van der Waals surface area contributed by atoms with E-state index < -0.39 is 17.8 Å². The number of nitrogens with zero attached hydrogens (tertiary/aromatic N) is 1. The number of hydrogen-bond acceptors (Lipinski definition) is 4. The van der Waals surface area contributed by atoms with Crippen LogP contribution in [0.15, 0.2) is 48.0 Å². The minimum Gasteiger partial charge on any atom is -0.507 e. The van der Waals surface area contributed by atoms with E-state index in [0.29, 0.717) is 10.7 Å². The number of anilines is 1. The van der Waals surface area contributed by atoms with Crippen molar-refractivity contribution >= 4 is 41.2 Å². The van der Waals surface area contributed by atoms with Gasteiger partial charge in [0.25, 0.3) is 11.8 Å². The number of aryl methyl sites for hydroxylation is 1. The number of nitrogens with one attached hydrogen (secondary N) is 1. The first-order valence-corrected chi connectivity index (χ1v) is 7.71. The maximum absolute atomic E-state index is 12.7. The molecule has 1 aliphatic rings. The van der Waals surface area contributed by atoms with Crippen LogP contribution < -0.4 is 10.2 Å². The lowest BCUT2D eigenvalue weighted by atomic mass is 10.1. The Hall–Kier alpha value is -3.12. The first-order chi connectivity index (χ1) is 11.9. The van der Waals surface area contributed by atoms with Gasteiger partial charge in [-0.2, -0.15) is 0 Å². The van der Waals surface area contributed by atoms with Gasteiger partial charge >= 0.3 is 6.03 Å². The van der Waals surface area contributed by atoms with E-state index in [4.69, 9.17) is 11.6 Å². The predicted molar refractivity (Wildman–Crippen MR) is 93.3 cm³/mol. The Labute approximate surface area is 148 Å². The van der Waals surface area contributed by atoms with Crippen LogP contribution in [0.3, 0.4) is 0 Å². The number of urea groups is 1. The summed E-state index contributed by atoms with van der Waals surface area (Å²) in [7, 11) is 0. The second-order valence-electron chi connectivity index (χ2n) is 5.50. The predicted octanol–water partition coefficient (Wildman–Crippen LogP) is 3.02. The van der Waals surface area contributed by atoms with E-state index in [-0.39, 0.29) is 16.9 Å². The number of imide groups is 2. The number of halogens is 1. The van der Waals surface area contributed by atoms with E-state index in [9.17, 15) is 19.5 Å². The number of carbonyl (C=O) groups is 3. The number of benzene rings is 2. The molecule has 126 valence electrons. The van der Waals surface area contributed by atoms with E-state index >= 15 is 0 Å². The second kappa shape index (κ2) is 6.41. The van der Waals surface area contributed by atoms with Gasteiger partial charge < -0.3 is 5.11 Å². The van der Waals surface area contributed by atoms with Gasteiger partial charge in [-0.05, 0) is 43.3 Å². The molecule has 0 atom stereocenters. The maximum atomic E-state index is 12.7. The molecule has 7 heteroatoms. The molecule has 0 radical (unpaired) electrons. The molecule has 0 aromatic heterocycles. The van der Waals surface area contributed by atoms with Crippen molar-refractivity contribution in [2.45, 2.75) is 6.92 Å². The molecule has 3 rings (SSSR count). The summed E-state index contributed by atoms with van der Waals surface area (Å²) in [5, 5.41) is 12.3. The van der Waals surface area contributed by atoms with E-state index in [0.717, 1.165) is 10.5 Å². The van der Waals surface area contributed by atoms with Crippen LogP contribution >= 0.6 is 11.6 Å². The zero-order valence-electron chi connectivity index (χ0n) is 13.1. The molecule has 1 saturated heterocycles. The van der Waals surface area contributed by atoms with E-state index in [1.54, 1.807) is 24.3 Å². The summed E-state index contributed by atoms with van der Waals surface area (Å²) in [6.45, 7) is 1.87. The molecule has 4 amide bonds. The third-order valence-corrected chi connectivity index (χ3v) is 3.92. The number of carbonyl (C=O) groups excluding carboxylic acids is 3. The molecule has 0 saturated carbocycles. The van der Waals surface area contributed by atoms with Crippen molar-refractivity contribution in [1.82, 2.24) is 5.32 Å². The van der Waals surface area contributed by atoms with Crippen molar-refractivity contribution in [2.24, 2.45) is 0 Å². The largest absolute Gasteiger partial charge is 0.507 e. The number of hydrogen-bond donors (Lipinski definition) is 2. The van der Waals surface area contributed by atoms with E-state index in [2.05, 4.69) is 5.32 Å². The average molecular weight is 357 g/mol. The minimum absolute atomic E-state index is 0.142. The van der Waals surface area contributed by atoms with Crippen LogP contribution in [0, 0.1) is 6.92 Å². The zero-order valence-corrected chi connectivity index (χ0v) is 13.9. The molecule has 1 aliphatic heterocycles. The summed E-state index contributed by atoms with van der Waals surface area (Å²) in [5.41, 5.74) is 1.22. The summed E-state index contributed by atoms with van der Waals surface area (Å²) in [6.07, 6.45) is 1.20. The van der Waals surface area contributed by atoms with Crippen LogP contribution in [0.5, 0.6) is 5.75 Å². The molecule has 1 fully saturated rings. The molecule has 0 bridgehead atoms. The van der Waals surface area contributed by atoms with E-state index in [1.807, 2.05) is 6.92 Å². The molecule has 2 aromatic rings. The quantitative estimate of drug-likeness (QED) is 0.639. The third kappa shape index (κ3) is 3.25. The van der Waals surface area contributed by atoms with Crippen molar-refractivity contribution in [3.05, 3.63) is 64.2 Å². The Morgan fingerprint density at radius 3 is 2.44 bits per heavy atom. The molecule has 2 aromatic carbocycles. The summed E-state index contributed by atoms with van der Waals surface area (Å²) in [5.74, 6) is -1.76. The standard InChI is InChI=1S/C18H13ClN2O4/c1-10-2-5-13(6-3-10)21-17(24)14(16(23)20-18(21)25)9-11-8-12(19)4-7-15(11)22/h2-9,22H,1H3,(H,20,23,25)/b14-9+. The highest BCUT2D eigenvalue weighted by molar-refractivity contribution is 6.39. The Kier molecular flexibility index (Phi) is 4.29. The topological polar surface area (TPSA) is 86.7 Å². The smallest absolute Gasteiger partial charge is 0.335 e. The fourth-order valence-electron chi connectivity index (χ4n) is 2.38. The number of barbiturate groups is 1. The van der Waals surface area contributed by atoms with Gasteiger partial charge in [0.2, 0.25) is 0 Å². The van der Waals surface area contributed by atoms with Crippen LogP contribution in [-0.4, -0.2) is 23.0 Å². The number of aromatic hydroxyl groups is 1. The Morgan fingerprint density at radius 1 is 1.08 bits per heavy atom. The molecule has 25 heavy (non-hydrogen) atoms. The van der Waals surface area contributed by atoms with Gasteiger partial charge in [-0.1, -0.05) is 29.3 Å². The van der Waals surface area contributed by atoms with Crippen molar-refractivity contribution in [2.75, 3.05) is 4.90 Å². The molecule has 0 spiro atoms. The van der Waals surface area contributed by atoms with Crippen molar-refractivity contribution < 1.29 is 19.5 Å². The summed E-state index contributed by atoms with van der Waals surface area (Å²) >= 11 is 5.88. The normalized spacial score (nSPS) is 16.3. The van der Waals surface area contributed by atoms with Crippen LogP contribution in [0.25, 0.3) is 6.08 Å². The van der Waals surface area contributed by atoms with Gasteiger partial charge in [-0.3, -0.25) is 14.9 Å². The van der Waals surface area contributed by atoms with Crippen LogP contribution in [-0.2, 0) is 9.59 Å². The number of phenols is 1. The Balaban J connectivity index is 2.05. The summed E-state index contributed by atoms with van der Waals surface area (Å²) in [6, 6.07) is 10.1.